The van der Waals surface area contributed by atoms with Gasteiger partial charge in [-0.1, -0.05) is 36.0 Å². The quantitative estimate of drug-likeness (QED) is 0.269. The molecule has 0 atom stereocenters. The molecule has 0 aliphatic rings. The molecular formula is C24H24N4O3S2. The van der Waals surface area contributed by atoms with E-state index in [1.165, 1.54) is 28.7 Å². The number of esters is 1. The van der Waals surface area contributed by atoms with Crippen LogP contribution in [0.4, 0.5) is 5.00 Å². The summed E-state index contributed by atoms with van der Waals surface area (Å²) in [5.41, 5.74) is 5.17. The lowest BCUT2D eigenvalue weighted by atomic mass is 9.99. The molecule has 0 saturated carbocycles. The molecule has 0 radical (unpaired) electrons. The van der Waals surface area contributed by atoms with Crippen LogP contribution in [0.3, 0.4) is 0 Å². The maximum Gasteiger partial charge on any atom is 0.341 e. The number of thiophene rings is 1. The Hall–Kier alpha value is -3.17. The van der Waals surface area contributed by atoms with Gasteiger partial charge in [-0.15, -0.1) is 21.5 Å². The predicted molar refractivity (Wildman–Crippen MR) is 132 cm³/mol. The molecule has 0 spiro atoms. The highest BCUT2D eigenvalue weighted by Gasteiger charge is 2.23. The second-order valence-corrected chi connectivity index (χ2v) is 9.37. The summed E-state index contributed by atoms with van der Waals surface area (Å²) in [4.78, 5) is 25.4. The van der Waals surface area contributed by atoms with Crippen molar-refractivity contribution in [2.45, 2.75) is 32.3 Å². The van der Waals surface area contributed by atoms with Gasteiger partial charge >= 0.3 is 5.97 Å². The maximum atomic E-state index is 12.8. The van der Waals surface area contributed by atoms with Crippen LogP contribution in [0.2, 0.25) is 0 Å². The molecule has 0 fully saturated rings. The van der Waals surface area contributed by atoms with E-state index in [-0.39, 0.29) is 18.9 Å². The van der Waals surface area contributed by atoms with Crippen molar-refractivity contribution < 1.29 is 14.3 Å². The monoisotopic (exact) mass is 480 g/mol. The highest BCUT2D eigenvalue weighted by atomic mass is 32.2. The van der Waals surface area contributed by atoms with E-state index in [4.69, 9.17) is 4.74 Å². The van der Waals surface area contributed by atoms with Crippen molar-refractivity contribution in [1.82, 2.24) is 14.6 Å². The molecule has 0 saturated heterocycles. The van der Waals surface area contributed by atoms with Crippen LogP contribution >= 0.6 is 23.1 Å². The zero-order valence-corrected chi connectivity index (χ0v) is 20.3. The molecule has 0 unspecified atom stereocenters. The summed E-state index contributed by atoms with van der Waals surface area (Å²) in [5.74, 6) is -0.0759. The second-order valence-electron chi connectivity index (χ2n) is 7.43. The van der Waals surface area contributed by atoms with Crippen LogP contribution in [0.25, 0.3) is 16.8 Å². The molecule has 4 rings (SSSR count). The Morgan fingerprint density at radius 1 is 1.15 bits per heavy atom. The lowest BCUT2D eigenvalue weighted by Crippen LogP contribution is -2.15. The Morgan fingerprint density at radius 3 is 2.79 bits per heavy atom. The van der Waals surface area contributed by atoms with Crippen molar-refractivity contribution in [2.75, 3.05) is 17.7 Å². The first-order chi connectivity index (χ1) is 16.0. The smallest absolute Gasteiger partial charge is 0.341 e. The minimum Gasteiger partial charge on any atom is -0.462 e. The number of anilines is 1. The fourth-order valence-corrected chi connectivity index (χ4v) is 5.15. The van der Waals surface area contributed by atoms with Gasteiger partial charge in [-0.25, -0.2) is 4.79 Å². The number of benzene rings is 1. The van der Waals surface area contributed by atoms with Gasteiger partial charge in [0.2, 0.25) is 5.91 Å². The largest absolute Gasteiger partial charge is 0.462 e. The molecule has 7 nitrogen and oxygen atoms in total. The van der Waals surface area contributed by atoms with E-state index in [1.54, 1.807) is 6.92 Å². The molecule has 1 amide bonds. The summed E-state index contributed by atoms with van der Waals surface area (Å²) in [6, 6.07) is 11.8. The van der Waals surface area contributed by atoms with Gasteiger partial charge in [-0.3, -0.25) is 9.20 Å². The average Bonchev–Trinajstić information content (AvgIpc) is 3.40. The molecule has 9 heteroatoms. The van der Waals surface area contributed by atoms with E-state index in [9.17, 15) is 9.59 Å². The number of carbonyl (C=O) groups excluding carboxylic acids is 2. The summed E-state index contributed by atoms with van der Waals surface area (Å²) >= 11 is 2.79. The number of hydrogen-bond acceptors (Lipinski definition) is 7. The molecule has 33 heavy (non-hydrogen) atoms. The van der Waals surface area contributed by atoms with Crippen molar-refractivity contribution in [3.8, 4) is 11.1 Å². The number of amides is 1. The van der Waals surface area contributed by atoms with E-state index in [1.807, 2.05) is 66.2 Å². The number of fused-ring (bicyclic) bond motifs is 1. The topological polar surface area (TPSA) is 85.6 Å². The van der Waals surface area contributed by atoms with Crippen LogP contribution in [0.5, 0.6) is 0 Å². The number of nitrogens with one attached hydrogen (secondary N) is 1. The second kappa shape index (κ2) is 10.2. The molecular weight excluding hydrogens is 456 g/mol. The molecule has 4 aromatic rings. The number of hydrogen-bond donors (Lipinski definition) is 1. The number of nitrogens with zero attached hydrogens (tertiary/aromatic N) is 3. The van der Waals surface area contributed by atoms with Gasteiger partial charge in [0.1, 0.15) is 10.6 Å². The molecule has 3 heterocycles. The summed E-state index contributed by atoms with van der Waals surface area (Å²) in [7, 11) is 0. The zero-order valence-electron chi connectivity index (χ0n) is 18.6. The summed E-state index contributed by atoms with van der Waals surface area (Å²) in [5, 5.41) is 14.3. The van der Waals surface area contributed by atoms with Crippen molar-refractivity contribution in [3.63, 3.8) is 0 Å². The van der Waals surface area contributed by atoms with Crippen LogP contribution in [-0.4, -0.2) is 38.8 Å². The van der Waals surface area contributed by atoms with E-state index in [0.717, 1.165) is 27.5 Å². The molecule has 1 N–H and O–H groups in total. The first-order valence-corrected chi connectivity index (χ1v) is 12.4. The van der Waals surface area contributed by atoms with Crippen LogP contribution in [-0.2, 0) is 9.53 Å². The number of ether oxygens (including phenoxy) is 1. The molecule has 0 bridgehead atoms. The number of rotatable bonds is 8. The summed E-state index contributed by atoms with van der Waals surface area (Å²) in [6.07, 6.45) is 2.16. The SMILES string of the molecule is CCOC(=O)c1c(-c2ccc(C)c(C)c2)csc1NC(=O)CCSc1nnc2ccccn12. The Balaban J connectivity index is 1.48. The first kappa shape index (κ1) is 23.0. The summed E-state index contributed by atoms with van der Waals surface area (Å²) < 4.78 is 7.18. The van der Waals surface area contributed by atoms with Crippen molar-refractivity contribution in [3.05, 3.63) is 64.7 Å². The molecule has 0 aliphatic carbocycles. The maximum absolute atomic E-state index is 12.8. The van der Waals surface area contributed by atoms with Crippen molar-refractivity contribution >= 4 is 45.6 Å². The lowest BCUT2D eigenvalue weighted by Gasteiger charge is -2.10. The zero-order chi connectivity index (χ0) is 23.4. The van der Waals surface area contributed by atoms with Gasteiger partial charge in [-0.2, -0.15) is 0 Å². The number of carbonyl (C=O) groups is 2. The van der Waals surface area contributed by atoms with Gasteiger partial charge < -0.3 is 10.1 Å². The average molecular weight is 481 g/mol. The van der Waals surface area contributed by atoms with E-state index in [0.29, 0.717) is 16.3 Å². The molecule has 3 aromatic heterocycles. The Labute approximate surface area is 200 Å². The van der Waals surface area contributed by atoms with E-state index < -0.39 is 5.97 Å². The Kier molecular flexibility index (Phi) is 7.10. The third kappa shape index (κ3) is 5.09. The molecule has 1 aromatic carbocycles. The van der Waals surface area contributed by atoms with E-state index >= 15 is 0 Å². The van der Waals surface area contributed by atoms with Gasteiger partial charge in [0, 0.05) is 29.3 Å². The molecule has 0 aliphatic heterocycles. The summed E-state index contributed by atoms with van der Waals surface area (Å²) in [6.45, 7) is 6.11. The number of aryl methyl sites for hydroxylation is 2. The first-order valence-electron chi connectivity index (χ1n) is 10.6. The van der Waals surface area contributed by atoms with Gasteiger partial charge in [0.15, 0.2) is 10.8 Å². The predicted octanol–water partition coefficient (Wildman–Crippen LogP) is 5.37. The molecule has 170 valence electrons. The van der Waals surface area contributed by atoms with Gasteiger partial charge in [0.05, 0.1) is 6.61 Å². The van der Waals surface area contributed by atoms with Gasteiger partial charge in [0.25, 0.3) is 0 Å². The minimum absolute atomic E-state index is 0.171. The highest BCUT2D eigenvalue weighted by molar-refractivity contribution is 7.99. The Morgan fingerprint density at radius 2 is 2.00 bits per heavy atom. The fraction of sp³-hybridized carbons (Fsp3) is 0.250. The van der Waals surface area contributed by atoms with Crippen LogP contribution in [0.1, 0.15) is 34.8 Å². The normalized spacial score (nSPS) is 11.0. The van der Waals surface area contributed by atoms with Crippen LogP contribution < -0.4 is 5.32 Å². The number of aromatic nitrogens is 3. The van der Waals surface area contributed by atoms with Crippen LogP contribution in [0, 0.1) is 13.8 Å². The fourth-order valence-electron chi connectivity index (χ4n) is 3.32. The van der Waals surface area contributed by atoms with Crippen molar-refractivity contribution in [1.29, 1.82) is 0 Å². The third-order valence-electron chi connectivity index (χ3n) is 5.18. The van der Waals surface area contributed by atoms with E-state index in [2.05, 4.69) is 15.5 Å². The highest BCUT2D eigenvalue weighted by Crippen LogP contribution is 2.37. The lowest BCUT2D eigenvalue weighted by molar-refractivity contribution is -0.115. The van der Waals surface area contributed by atoms with Crippen molar-refractivity contribution in [2.24, 2.45) is 0 Å². The Bertz CT molecular complexity index is 1310. The van der Waals surface area contributed by atoms with Gasteiger partial charge in [-0.05, 0) is 49.6 Å². The number of pyridine rings is 1. The van der Waals surface area contributed by atoms with Crippen LogP contribution in [0.15, 0.2) is 53.1 Å². The third-order valence-corrected chi connectivity index (χ3v) is 7.02. The number of thioether (sulfide) groups is 1. The minimum atomic E-state index is -0.438. The standard InChI is InChI=1S/C24H24N4O3S2/c1-4-31-23(30)21-18(17-9-8-15(2)16(3)13-17)14-33-22(21)25-20(29)10-12-32-24-27-26-19-7-5-6-11-28(19)24/h5-9,11,13-14H,4,10,12H2,1-3H3,(H,25,29).